The first-order chi connectivity index (χ1) is 3.68. The van der Waals surface area contributed by atoms with Crippen LogP contribution in [-0.4, -0.2) is 10.6 Å². The summed E-state index contributed by atoms with van der Waals surface area (Å²) in [6, 6.07) is 0. The number of alkyl halides is 1. The molecule has 8 heavy (non-hydrogen) atoms. The van der Waals surface area contributed by atoms with E-state index in [0.29, 0.717) is 12.2 Å². The van der Waals surface area contributed by atoms with Crippen molar-refractivity contribution in [2.75, 3.05) is 0 Å². The molecule has 0 aliphatic rings. The van der Waals surface area contributed by atoms with Gasteiger partial charge < -0.3 is 0 Å². The van der Waals surface area contributed by atoms with Gasteiger partial charge in [0, 0.05) is 6.42 Å². The topological polar surface area (TPSA) is 17.1 Å². The van der Waals surface area contributed by atoms with Crippen LogP contribution < -0.4 is 0 Å². The van der Waals surface area contributed by atoms with Crippen LogP contribution in [0.15, 0.2) is 0 Å². The van der Waals surface area contributed by atoms with Gasteiger partial charge in [-0.25, -0.2) is 0 Å². The predicted molar refractivity (Wildman–Crippen MR) is 38.3 cm³/mol. The van der Waals surface area contributed by atoms with Crippen molar-refractivity contribution in [2.24, 2.45) is 0 Å². The highest BCUT2D eigenvalue weighted by atomic mass is 79.9. The monoisotopic (exact) mass is 178 g/mol. The molecule has 48 valence electrons. The molecule has 0 saturated heterocycles. The van der Waals surface area contributed by atoms with Gasteiger partial charge in [0.2, 0.25) is 0 Å². The van der Waals surface area contributed by atoms with Gasteiger partial charge in [-0.15, -0.1) is 0 Å². The summed E-state index contributed by atoms with van der Waals surface area (Å²) in [5.74, 6) is 0.299. The molecule has 0 aliphatic carbocycles. The van der Waals surface area contributed by atoms with Crippen LogP contribution in [0.5, 0.6) is 0 Å². The Morgan fingerprint density at radius 1 is 1.75 bits per heavy atom. The van der Waals surface area contributed by atoms with Gasteiger partial charge in [0.25, 0.3) is 0 Å². The maximum Gasteiger partial charge on any atom is 0.146 e. The van der Waals surface area contributed by atoms with Gasteiger partial charge in [0.05, 0.1) is 4.83 Å². The highest BCUT2D eigenvalue weighted by Crippen LogP contribution is 2.03. The Morgan fingerprint density at radius 2 is 2.25 bits per heavy atom. The Kier molecular flexibility index (Phi) is 4.15. The zero-order valence-electron chi connectivity index (χ0n) is 5.28. The van der Waals surface area contributed by atoms with Gasteiger partial charge in [-0.3, -0.25) is 4.79 Å². The molecule has 0 aliphatic heterocycles. The third-order valence-corrected chi connectivity index (χ3v) is 1.45. The second-order valence-corrected chi connectivity index (χ2v) is 3.21. The molecule has 1 unspecified atom stereocenters. The Morgan fingerprint density at radius 3 is 2.38 bits per heavy atom. The molecule has 0 saturated carbocycles. The van der Waals surface area contributed by atoms with Crippen LogP contribution in [0.2, 0.25) is 0 Å². The van der Waals surface area contributed by atoms with E-state index in [1.165, 1.54) is 0 Å². The second-order valence-electron chi connectivity index (χ2n) is 1.83. The molecule has 1 nitrogen and oxygen atoms in total. The van der Waals surface area contributed by atoms with Crippen LogP contribution >= 0.6 is 15.9 Å². The van der Waals surface area contributed by atoms with Crippen molar-refractivity contribution >= 4 is 21.7 Å². The normalized spacial score (nSPS) is 13.4. The first kappa shape index (κ1) is 8.15. The van der Waals surface area contributed by atoms with Crippen LogP contribution in [0.25, 0.3) is 0 Å². The van der Waals surface area contributed by atoms with Crippen molar-refractivity contribution < 1.29 is 4.79 Å². The first-order valence-corrected chi connectivity index (χ1v) is 3.76. The van der Waals surface area contributed by atoms with Crippen LogP contribution in [0, 0.1) is 0 Å². The number of carbonyl (C=O) groups is 1. The van der Waals surface area contributed by atoms with E-state index in [2.05, 4.69) is 15.9 Å². The van der Waals surface area contributed by atoms with E-state index >= 15 is 0 Å². The zero-order chi connectivity index (χ0) is 6.57. The first-order valence-electron chi connectivity index (χ1n) is 2.85. The maximum absolute atomic E-state index is 10.7. The van der Waals surface area contributed by atoms with Crippen LogP contribution in [0.4, 0.5) is 0 Å². The summed E-state index contributed by atoms with van der Waals surface area (Å²) in [5.41, 5.74) is 0. The molecule has 0 amide bonds. The summed E-state index contributed by atoms with van der Waals surface area (Å²) >= 11 is 3.19. The van der Waals surface area contributed by atoms with Gasteiger partial charge in [0.15, 0.2) is 0 Å². The van der Waals surface area contributed by atoms with Gasteiger partial charge >= 0.3 is 0 Å². The summed E-state index contributed by atoms with van der Waals surface area (Å²) < 4.78 is 0. The predicted octanol–water partition coefficient (Wildman–Crippen LogP) is 2.14. The molecule has 0 fully saturated rings. The van der Waals surface area contributed by atoms with E-state index in [0.717, 1.165) is 6.42 Å². The van der Waals surface area contributed by atoms with Crippen molar-refractivity contribution in [3.63, 3.8) is 0 Å². The lowest BCUT2D eigenvalue weighted by molar-refractivity contribution is -0.118. The molecule has 2 heteroatoms. The highest BCUT2D eigenvalue weighted by molar-refractivity contribution is 9.10. The minimum Gasteiger partial charge on any atom is -0.298 e. The van der Waals surface area contributed by atoms with E-state index in [1.54, 1.807) is 0 Å². The lowest BCUT2D eigenvalue weighted by atomic mass is 10.2. The molecular formula is C6H11BrO. The standard InChI is InChI=1S/C6H11BrO/c1-3-4-6(8)5(2)7/h5H,3-4H2,1-2H3. The van der Waals surface area contributed by atoms with E-state index in [9.17, 15) is 4.79 Å². The molecule has 1 atom stereocenters. The molecule has 0 aromatic carbocycles. The summed E-state index contributed by atoms with van der Waals surface area (Å²) in [4.78, 5) is 10.7. The fourth-order valence-corrected chi connectivity index (χ4v) is 0.674. The fraction of sp³-hybridized carbons (Fsp3) is 0.833. The largest absolute Gasteiger partial charge is 0.298 e. The average Bonchev–Trinajstić information content (AvgIpc) is 1.67. The third-order valence-electron chi connectivity index (χ3n) is 0.940. The number of ketones is 1. The molecule has 0 spiro atoms. The minimum atomic E-state index is 0.0439. The molecule has 0 heterocycles. The van der Waals surface area contributed by atoms with Crippen LogP contribution in [0.1, 0.15) is 26.7 Å². The Labute approximate surface area is 58.6 Å². The number of hydrogen-bond acceptors (Lipinski definition) is 1. The lowest BCUT2D eigenvalue weighted by Crippen LogP contribution is -2.07. The van der Waals surface area contributed by atoms with Crippen molar-refractivity contribution in [2.45, 2.75) is 31.5 Å². The summed E-state index contributed by atoms with van der Waals surface area (Å²) in [7, 11) is 0. The lowest BCUT2D eigenvalue weighted by Gasteiger charge is -1.97. The number of Topliss-reactive ketones (excluding diaryl/α,β-unsaturated/α-hetero) is 1. The number of hydrogen-bond donors (Lipinski definition) is 0. The molecule has 0 bridgehead atoms. The van der Waals surface area contributed by atoms with Crippen LogP contribution in [0.3, 0.4) is 0 Å². The highest BCUT2D eigenvalue weighted by Gasteiger charge is 2.05. The van der Waals surface area contributed by atoms with E-state index in [-0.39, 0.29) is 4.83 Å². The third kappa shape index (κ3) is 3.19. The van der Waals surface area contributed by atoms with Gasteiger partial charge in [-0.05, 0) is 13.3 Å². The van der Waals surface area contributed by atoms with Gasteiger partial charge in [-0.1, -0.05) is 22.9 Å². The van der Waals surface area contributed by atoms with E-state index in [4.69, 9.17) is 0 Å². The van der Waals surface area contributed by atoms with Gasteiger partial charge in [0.1, 0.15) is 5.78 Å². The van der Waals surface area contributed by atoms with Crippen molar-refractivity contribution in [3.8, 4) is 0 Å². The fourth-order valence-electron chi connectivity index (χ4n) is 0.445. The summed E-state index contributed by atoms with van der Waals surface area (Å²) in [6.45, 7) is 3.87. The smallest absolute Gasteiger partial charge is 0.146 e. The molecule has 0 radical (unpaired) electrons. The molecule has 0 aromatic rings. The van der Waals surface area contributed by atoms with Crippen molar-refractivity contribution in [1.29, 1.82) is 0 Å². The van der Waals surface area contributed by atoms with Crippen molar-refractivity contribution in [3.05, 3.63) is 0 Å². The Balaban J connectivity index is 3.33. The second kappa shape index (κ2) is 4.07. The Bertz CT molecular complexity index is 78.6. The van der Waals surface area contributed by atoms with Crippen LogP contribution in [-0.2, 0) is 4.79 Å². The average molecular weight is 179 g/mol. The van der Waals surface area contributed by atoms with Crippen molar-refractivity contribution in [1.82, 2.24) is 0 Å². The summed E-state index contributed by atoms with van der Waals surface area (Å²) in [6.07, 6.45) is 1.65. The van der Waals surface area contributed by atoms with E-state index in [1.807, 2.05) is 13.8 Å². The molecular weight excluding hydrogens is 168 g/mol. The number of rotatable bonds is 3. The SMILES string of the molecule is CCCC(=O)C(C)Br. The molecule has 0 aromatic heterocycles. The minimum absolute atomic E-state index is 0.0439. The van der Waals surface area contributed by atoms with E-state index < -0.39 is 0 Å². The number of halogens is 1. The molecule has 0 N–H and O–H groups in total. The summed E-state index contributed by atoms with van der Waals surface area (Å²) in [5, 5.41) is 0. The molecule has 0 rings (SSSR count). The van der Waals surface area contributed by atoms with Gasteiger partial charge in [-0.2, -0.15) is 0 Å². The quantitative estimate of drug-likeness (QED) is 0.606. The zero-order valence-corrected chi connectivity index (χ0v) is 6.86. The number of carbonyl (C=O) groups excluding carboxylic acids is 1. The maximum atomic E-state index is 10.7. The Hall–Kier alpha value is 0.150.